The molecule has 20 heavy (non-hydrogen) atoms. The van der Waals surface area contributed by atoms with E-state index >= 15 is 0 Å². The lowest BCUT2D eigenvalue weighted by Crippen LogP contribution is -2.34. The van der Waals surface area contributed by atoms with E-state index in [2.05, 4.69) is 31.5 Å². The van der Waals surface area contributed by atoms with Crippen molar-refractivity contribution in [3.8, 4) is 0 Å². The number of hydrogen-bond donors (Lipinski definition) is 2. The Morgan fingerprint density at radius 2 is 1.95 bits per heavy atom. The predicted octanol–water partition coefficient (Wildman–Crippen LogP) is 3.15. The fourth-order valence-corrected chi connectivity index (χ4v) is 2.16. The maximum absolute atomic E-state index is 11.7. The Balaban J connectivity index is 1.82. The van der Waals surface area contributed by atoms with Crippen molar-refractivity contribution in [2.24, 2.45) is 0 Å². The third-order valence-electron chi connectivity index (χ3n) is 2.87. The average molecular weight is 334 g/mol. The van der Waals surface area contributed by atoms with Gasteiger partial charge in [-0.15, -0.1) is 0 Å². The quantitative estimate of drug-likeness (QED) is 0.902. The molecule has 4 nitrogen and oxygen atoms in total. The van der Waals surface area contributed by atoms with Crippen molar-refractivity contribution in [1.29, 1.82) is 0 Å². The molecule has 2 amide bonds. The van der Waals surface area contributed by atoms with Gasteiger partial charge < -0.3 is 10.6 Å². The number of nitrogens with one attached hydrogen (secondary N) is 2. The van der Waals surface area contributed by atoms with Gasteiger partial charge in [0.05, 0.1) is 12.2 Å². The summed E-state index contributed by atoms with van der Waals surface area (Å²) in [5.41, 5.74) is 3.04. The van der Waals surface area contributed by atoms with Crippen LogP contribution in [-0.4, -0.2) is 11.0 Å². The second-order valence-electron chi connectivity index (χ2n) is 4.41. The summed E-state index contributed by atoms with van der Waals surface area (Å²) in [6.07, 6.45) is 1.71. The van der Waals surface area contributed by atoms with Crippen LogP contribution in [0.15, 0.2) is 47.1 Å². The number of benzene rings is 1. The zero-order valence-electron chi connectivity index (χ0n) is 11.2. The van der Waals surface area contributed by atoms with Crippen molar-refractivity contribution < 1.29 is 4.79 Å². The molecule has 0 saturated heterocycles. The number of hydrogen-bond acceptors (Lipinski definition) is 2. The van der Waals surface area contributed by atoms with Gasteiger partial charge in [-0.25, -0.2) is 4.79 Å². The van der Waals surface area contributed by atoms with E-state index in [1.807, 2.05) is 43.3 Å². The van der Waals surface area contributed by atoms with Gasteiger partial charge in [-0.2, -0.15) is 0 Å². The molecule has 5 heteroatoms. The van der Waals surface area contributed by atoms with Gasteiger partial charge in [0, 0.05) is 17.2 Å². The van der Waals surface area contributed by atoms with Crippen molar-refractivity contribution in [1.82, 2.24) is 15.6 Å². The van der Waals surface area contributed by atoms with Crippen LogP contribution in [0.5, 0.6) is 0 Å². The summed E-state index contributed by atoms with van der Waals surface area (Å²) in [5.74, 6) is 0. The van der Waals surface area contributed by atoms with Crippen LogP contribution >= 0.6 is 15.9 Å². The van der Waals surface area contributed by atoms with Crippen LogP contribution in [0.25, 0.3) is 0 Å². The van der Waals surface area contributed by atoms with Crippen molar-refractivity contribution >= 4 is 22.0 Å². The van der Waals surface area contributed by atoms with E-state index in [0.29, 0.717) is 13.1 Å². The largest absolute Gasteiger partial charge is 0.334 e. The first kappa shape index (κ1) is 14.5. The molecule has 0 unspecified atom stereocenters. The monoisotopic (exact) mass is 333 g/mol. The van der Waals surface area contributed by atoms with E-state index in [0.717, 1.165) is 21.3 Å². The van der Waals surface area contributed by atoms with E-state index in [1.165, 1.54) is 0 Å². The first-order chi connectivity index (χ1) is 9.66. The molecule has 104 valence electrons. The number of aromatic nitrogens is 1. The summed E-state index contributed by atoms with van der Waals surface area (Å²) in [4.78, 5) is 15.9. The lowest BCUT2D eigenvalue weighted by atomic mass is 10.1. The highest BCUT2D eigenvalue weighted by atomic mass is 79.9. The van der Waals surface area contributed by atoms with Gasteiger partial charge in [-0.3, -0.25) is 4.98 Å². The molecule has 0 saturated carbocycles. The van der Waals surface area contributed by atoms with Gasteiger partial charge in [0.2, 0.25) is 0 Å². The van der Waals surface area contributed by atoms with Crippen LogP contribution in [0.3, 0.4) is 0 Å². The molecule has 2 rings (SSSR count). The summed E-state index contributed by atoms with van der Waals surface area (Å²) >= 11 is 3.52. The van der Waals surface area contributed by atoms with Crippen LogP contribution in [0.2, 0.25) is 0 Å². The van der Waals surface area contributed by atoms with Crippen LogP contribution in [-0.2, 0) is 13.1 Å². The summed E-state index contributed by atoms with van der Waals surface area (Å²) in [6.45, 7) is 2.92. The van der Waals surface area contributed by atoms with Gasteiger partial charge in [0.1, 0.15) is 0 Å². The second-order valence-corrected chi connectivity index (χ2v) is 5.20. The highest BCUT2D eigenvalue weighted by Crippen LogP contribution is 2.20. The lowest BCUT2D eigenvalue weighted by molar-refractivity contribution is 0.240. The van der Waals surface area contributed by atoms with Gasteiger partial charge in [0.25, 0.3) is 0 Å². The minimum atomic E-state index is -0.205. The number of urea groups is 1. The Bertz CT molecular complexity index is 587. The van der Waals surface area contributed by atoms with E-state index in [1.54, 1.807) is 6.20 Å². The number of rotatable bonds is 4. The maximum atomic E-state index is 11.7. The standard InChI is InChI=1S/C15H16BrN3O/c1-11-5-4-6-12(14(11)16)9-18-15(20)19-10-13-7-2-3-8-17-13/h2-8H,9-10H2,1H3,(H2,18,19,20). The topological polar surface area (TPSA) is 54.0 Å². The lowest BCUT2D eigenvalue weighted by Gasteiger charge is -2.10. The maximum Gasteiger partial charge on any atom is 0.315 e. The Kier molecular flexibility index (Phi) is 5.12. The van der Waals surface area contributed by atoms with E-state index in [-0.39, 0.29) is 6.03 Å². The van der Waals surface area contributed by atoms with Crippen molar-refractivity contribution in [2.45, 2.75) is 20.0 Å². The molecule has 0 aliphatic rings. The Morgan fingerprint density at radius 3 is 2.70 bits per heavy atom. The molecule has 1 heterocycles. The van der Waals surface area contributed by atoms with Crippen LogP contribution in [0.4, 0.5) is 4.79 Å². The fourth-order valence-electron chi connectivity index (χ4n) is 1.76. The fraction of sp³-hybridized carbons (Fsp3) is 0.200. The Labute approximate surface area is 126 Å². The Hall–Kier alpha value is -1.88. The molecule has 1 aromatic heterocycles. The van der Waals surface area contributed by atoms with E-state index in [4.69, 9.17) is 0 Å². The normalized spacial score (nSPS) is 10.1. The van der Waals surface area contributed by atoms with Gasteiger partial charge in [-0.05, 0) is 30.2 Å². The highest BCUT2D eigenvalue weighted by molar-refractivity contribution is 9.10. The van der Waals surface area contributed by atoms with Crippen molar-refractivity contribution in [3.63, 3.8) is 0 Å². The summed E-state index contributed by atoms with van der Waals surface area (Å²) in [7, 11) is 0. The molecule has 0 spiro atoms. The molecule has 0 aliphatic carbocycles. The third kappa shape index (κ3) is 4.06. The smallest absolute Gasteiger partial charge is 0.315 e. The molecule has 0 atom stereocenters. The van der Waals surface area contributed by atoms with Crippen molar-refractivity contribution in [2.75, 3.05) is 0 Å². The highest BCUT2D eigenvalue weighted by Gasteiger charge is 2.05. The molecule has 2 aromatic rings. The molecular formula is C15H16BrN3O. The molecule has 0 radical (unpaired) electrons. The molecular weight excluding hydrogens is 318 g/mol. The van der Waals surface area contributed by atoms with Crippen LogP contribution < -0.4 is 10.6 Å². The van der Waals surface area contributed by atoms with Gasteiger partial charge in [0.15, 0.2) is 0 Å². The second kappa shape index (κ2) is 7.05. The molecule has 0 fully saturated rings. The average Bonchev–Trinajstić information content (AvgIpc) is 2.48. The number of amides is 2. The third-order valence-corrected chi connectivity index (χ3v) is 4.00. The van der Waals surface area contributed by atoms with Crippen LogP contribution in [0.1, 0.15) is 16.8 Å². The molecule has 0 aliphatic heterocycles. The first-order valence-corrected chi connectivity index (χ1v) is 7.11. The molecule has 1 aromatic carbocycles. The van der Waals surface area contributed by atoms with Crippen LogP contribution in [0, 0.1) is 6.92 Å². The van der Waals surface area contributed by atoms with E-state index < -0.39 is 0 Å². The zero-order chi connectivity index (χ0) is 14.4. The minimum Gasteiger partial charge on any atom is -0.334 e. The number of halogens is 1. The van der Waals surface area contributed by atoms with Gasteiger partial charge in [-0.1, -0.05) is 40.2 Å². The summed E-state index contributed by atoms with van der Waals surface area (Å²) < 4.78 is 1.03. The van der Waals surface area contributed by atoms with Gasteiger partial charge >= 0.3 is 6.03 Å². The van der Waals surface area contributed by atoms with E-state index in [9.17, 15) is 4.79 Å². The minimum absolute atomic E-state index is 0.205. The molecule has 2 N–H and O–H groups in total. The number of carbonyl (C=O) groups excluding carboxylic acids is 1. The SMILES string of the molecule is Cc1cccc(CNC(=O)NCc2ccccn2)c1Br. The zero-order valence-corrected chi connectivity index (χ0v) is 12.8. The van der Waals surface area contributed by atoms with Crippen molar-refractivity contribution in [3.05, 3.63) is 63.9 Å². The number of pyridine rings is 1. The number of carbonyl (C=O) groups is 1. The number of aryl methyl sites for hydroxylation is 1. The summed E-state index contributed by atoms with van der Waals surface area (Å²) in [6, 6.07) is 11.4. The number of nitrogens with zero attached hydrogens (tertiary/aromatic N) is 1. The Morgan fingerprint density at radius 1 is 1.15 bits per heavy atom. The molecule has 0 bridgehead atoms. The first-order valence-electron chi connectivity index (χ1n) is 6.32. The predicted molar refractivity (Wildman–Crippen MR) is 82.2 cm³/mol. The summed E-state index contributed by atoms with van der Waals surface area (Å²) in [5, 5.41) is 5.60.